The monoisotopic (exact) mass is 429 g/mol. The van der Waals surface area contributed by atoms with Crippen LogP contribution in [0, 0.1) is 17.6 Å². The molecule has 3 unspecified atom stereocenters. The Morgan fingerprint density at radius 2 is 1.90 bits per heavy atom. The summed E-state index contributed by atoms with van der Waals surface area (Å²) in [4.78, 5) is 24.7. The van der Waals surface area contributed by atoms with Gasteiger partial charge < -0.3 is 16.0 Å². The minimum absolute atomic E-state index is 0. The molecule has 3 rings (SSSR count). The minimum Gasteiger partial charge on any atom is -0.353 e. The Morgan fingerprint density at radius 3 is 2.59 bits per heavy atom. The molecule has 1 aromatic rings. The van der Waals surface area contributed by atoms with Gasteiger partial charge in [-0.2, -0.15) is 0 Å². The first-order valence-corrected chi connectivity index (χ1v) is 10.2. The van der Waals surface area contributed by atoms with Gasteiger partial charge in [-0.15, -0.1) is 12.4 Å². The topological polar surface area (TPSA) is 70.2 Å². The summed E-state index contributed by atoms with van der Waals surface area (Å²) in [5.41, 5.74) is 0.688. The third-order valence-corrected chi connectivity index (χ3v) is 5.81. The lowest BCUT2D eigenvalue weighted by Gasteiger charge is -2.33. The minimum atomic E-state index is -0.871. The van der Waals surface area contributed by atoms with Gasteiger partial charge in [-0.1, -0.05) is 18.9 Å². The van der Waals surface area contributed by atoms with Crippen molar-refractivity contribution in [2.24, 2.45) is 5.92 Å². The molecule has 8 heteroatoms. The number of rotatable bonds is 6. The van der Waals surface area contributed by atoms with Gasteiger partial charge in [-0.3, -0.25) is 9.59 Å². The highest BCUT2D eigenvalue weighted by molar-refractivity contribution is 5.85. The first-order valence-electron chi connectivity index (χ1n) is 10.2. The van der Waals surface area contributed by atoms with Crippen molar-refractivity contribution in [3.63, 3.8) is 0 Å². The quantitative estimate of drug-likeness (QED) is 0.651. The van der Waals surface area contributed by atoms with E-state index in [1.54, 1.807) is 6.07 Å². The lowest BCUT2D eigenvalue weighted by Crippen LogP contribution is -2.51. The predicted octanol–water partition coefficient (Wildman–Crippen LogP) is 3.03. The maximum absolute atomic E-state index is 13.6. The van der Waals surface area contributed by atoms with E-state index in [0.29, 0.717) is 12.1 Å². The van der Waals surface area contributed by atoms with Gasteiger partial charge in [-0.05, 0) is 50.4 Å². The van der Waals surface area contributed by atoms with Crippen LogP contribution in [0.25, 0.3) is 0 Å². The lowest BCUT2D eigenvalue weighted by molar-refractivity contribution is -0.126. The van der Waals surface area contributed by atoms with Crippen molar-refractivity contribution in [1.82, 2.24) is 16.0 Å². The number of hydrogen-bond donors (Lipinski definition) is 3. The van der Waals surface area contributed by atoms with Gasteiger partial charge in [0.2, 0.25) is 11.8 Å². The summed E-state index contributed by atoms with van der Waals surface area (Å²) in [6, 6.07) is 3.48. The highest BCUT2D eigenvalue weighted by Crippen LogP contribution is 2.27. The average Bonchev–Trinajstić information content (AvgIpc) is 3.19. The van der Waals surface area contributed by atoms with Crippen LogP contribution >= 0.6 is 12.4 Å². The summed E-state index contributed by atoms with van der Waals surface area (Å²) in [6.45, 7) is 3.15. The molecule has 29 heavy (non-hydrogen) atoms. The fourth-order valence-corrected chi connectivity index (χ4v) is 4.30. The van der Waals surface area contributed by atoms with Crippen LogP contribution in [0.3, 0.4) is 0 Å². The molecular weight excluding hydrogens is 400 g/mol. The molecule has 0 aromatic heterocycles. The fourth-order valence-electron chi connectivity index (χ4n) is 4.30. The van der Waals surface area contributed by atoms with Crippen molar-refractivity contribution < 1.29 is 18.4 Å². The number of nitrogens with one attached hydrogen (secondary N) is 3. The summed E-state index contributed by atoms with van der Waals surface area (Å²) < 4.78 is 26.9. The number of halogens is 3. The van der Waals surface area contributed by atoms with E-state index in [4.69, 9.17) is 0 Å². The second-order valence-electron chi connectivity index (χ2n) is 8.04. The molecule has 0 radical (unpaired) electrons. The van der Waals surface area contributed by atoms with Crippen molar-refractivity contribution in [1.29, 1.82) is 0 Å². The van der Waals surface area contributed by atoms with Crippen molar-refractivity contribution in [3.8, 4) is 0 Å². The Bertz CT molecular complexity index is 713. The van der Waals surface area contributed by atoms with E-state index < -0.39 is 11.6 Å². The van der Waals surface area contributed by atoms with E-state index >= 15 is 0 Å². The molecule has 2 aliphatic rings. The van der Waals surface area contributed by atoms with Crippen LogP contribution in [0.2, 0.25) is 0 Å². The SMILES string of the molecule is CC(CC(=O)NC1CNCCC1c1ccc(F)c(F)c1)NC(=O)C1CCCC1.Cl. The summed E-state index contributed by atoms with van der Waals surface area (Å²) in [5.74, 6) is -1.86. The molecule has 3 atom stereocenters. The van der Waals surface area contributed by atoms with E-state index in [-0.39, 0.29) is 54.6 Å². The number of carbonyl (C=O) groups excluding carboxylic acids is 2. The normalized spacial score (nSPS) is 23.1. The summed E-state index contributed by atoms with van der Waals surface area (Å²) in [5, 5.41) is 9.18. The molecule has 2 amide bonds. The van der Waals surface area contributed by atoms with Crippen molar-refractivity contribution in [2.75, 3.05) is 13.1 Å². The molecule has 162 valence electrons. The Balaban J connectivity index is 0.00000300. The van der Waals surface area contributed by atoms with Gasteiger partial charge >= 0.3 is 0 Å². The second kappa shape index (κ2) is 10.9. The maximum Gasteiger partial charge on any atom is 0.223 e. The standard InChI is InChI=1S/C21H29F2N3O2.ClH/c1-13(25-21(28)14-4-2-3-5-14)10-20(27)26-19-12-24-9-8-16(19)15-6-7-17(22)18(23)11-15;/h6-7,11,13-14,16,19,24H,2-5,8-10,12H2,1H3,(H,25,28)(H,26,27);1H. The van der Waals surface area contributed by atoms with E-state index in [1.807, 2.05) is 6.92 Å². The molecule has 1 aromatic carbocycles. The zero-order valence-electron chi connectivity index (χ0n) is 16.7. The highest BCUT2D eigenvalue weighted by atomic mass is 35.5. The summed E-state index contributed by atoms with van der Waals surface area (Å²) >= 11 is 0. The van der Waals surface area contributed by atoms with Crippen LogP contribution in [0.15, 0.2) is 18.2 Å². The van der Waals surface area contributed by atoms with Gasteiger partial charge in [0, 0.05) is 36.9 Å². The Morgan fingerprint density at radius 1 is 1.17 bits per heavy atom. The smallest absolute Gasteiger partial charge is 0.223 e. The van der Waals surface area contributed by atoms with Crippen LogP contribution in [0.1, 0.15) is 56.9 Å². The van der Waals surface area contributed by atoms with Gasteiger partial charge in [0.25, 0.3) is 0 Å². The van der Waals surface area contributed by atoms with Crippen molar-refractivity contribution >= 4 is 24.2 Å². The zero-order chi connectivity index (χ0) is 20.1. The molecule has 1 aliphatic heterocycles. The van der Waals surface area contributed by atoms with Gasteiger partial charge in [-0.25, -0.2) is 8.78 Å². The van der Waals surface area contributed by atoms with E-state index in [0.717, 1.165) is 44.7 Å². The average molecular weight is 430 g/mol. The summed E-state index contributed by atoms with van der Waals surface area (Å²) in [7, 11) is 0. The third kappa shape index (κ3) is 6.37. The van der Waals surface area contributed by atoms with Gasteiger partial charge in [0.15, 0.2) is 11.6 Å². The second-order valence-corrected chi connectivity index (χ2v) is 8.04. The number of hydrogen-bond acceptors (Lipinski definition) is 3. The number of benzene rings is 1. The van der Waals surface area contributed by atoms with Crippen LogP contribution < -0.4 is 16.0 Å². The first kappa shape index (κ1) is 23.5. The van der Waals surface area contributed by atoms with Crippen molar-refractivity contribution in [3.05, 3.63) is 35.4 Å². The largest absolute Gasteiger partial charge is 0.353 e. The highest BCUT2D eigenvalue weighted by Gasteiger charge is 2.29. The molecule has 1 saturated carbocycles. The van der Waals surface area contributed by atoms with Crippen LogP contribution in [0.5, 0.6) is 0 Å². The van der Waals surface area contributed by atoms with Gasteiger partial charge in [0.1, 0.15) is 0 Å². The Kier molecular flexibility index (Phi) is 8.83. The van der Waals surface area contributed by atoms with Crippen molar-refractivity contribution in [2.45, 2.75) is 63.5 Å². The Labute approximate surface area is 176 Å². The number of carbonyl (C=O) groups is 2. The van der Waals surface area contributed by atoms with Crippen LogP contribution in [-0.2, 0) is 9.59 Å². The Hall–Kier alpha value is -1.73. The molecule has 1 saturated heterocycles. The summed E-state index contributed by atoms with van der Waals surface area (Å²) in [6.07, 6.45) is 4.95. The zero-order valence-corrected chi connectivity index (χ0v) is 17.5. The molecule has 0 bridgehead atoms. The first-order chi connectivity index (χ1) is 13.4. The molecule has 1 aliphatic carbocycles. The van der Waals surface area contributed by atoms with E-state index in [9.17, 15) is 18.4 Å². The molecular formula is C21H30ClF2N3O2. The number of amides is 2. The molecule has 0 spiro atoms. The molecule has 2 fully saturated rings. The fraction of sp³-hybridized carbons (Fsp3) is 0.619. The predicted molar refractivity (Wildman–Crippen MR) is 110 cm³/mol. The van der Waals surface area contributed by atoms with E-state index in [1.165, 1.54) is 6.07 Å². The maximum atomic E-state index is 13.6. The molecule has 1 heterocycles. The van der Waals surface area contributed by atoms with Crippen LogP contribution in [-0.4, -0.2) is 37.0 Å². The molecule has 5 nitrogen and oxygen atoms in total. The van der Waals surface area contributed by atoms with E-state index in [2.05, 4.69) is 16.0 Å². The third-order valence-electron chi connectivity index (χ3n) is 5.81. The lowest BCUT2D eigenvalue weighted by atomic mass is 9.86. The number of piperidine rings is 1. The van der Waals surface area contributed by atoms with Crippen LogP contribution in [0.4, 0.5) is 8.78 Å². The van der Waals surface area contributed by atoms with Gasteiger partial charge in [0.05, 0.1) is 0 Å². The molecule has 3 N–H and O–H groups in total.